The molecule has 1 aliphatic heterocycles. The minimum absolute atomic E-state index is 0.0204. The molecule has 1 atom stereocenters. The van der Waals surface area contributed by atoms with Crippen molar-refractivity contribution in [2.24, 2.45) is 0 Å². The SMILES string of the molecule is O=C(NCCc1c[nH]c2ccccc12)C1CSCN1. The third-order valence-corrected chi connectivity index (χ3v) is 4.34. The Morgan fingerprint density at radius 1 is 1.42 bits per heavy atom. The van der Waals surface area contributed by atoms with Gasteiger partial charge in [0.1, 0.15) is 0 Å². The molecule has 1 aromatic carbocycles. The number of amides is 1. The highest BCUT2D eigenvalue weighted by molar-refractivity contribution is 7.99. The van der Waals surface area contributed by atoms with Crippen molar-refractivity contribution in [3.63, 3.8) is 0 Å². The van der Waals surface area contributed by atoms with E-state index < -0.39 is 0 Å². The molecule has 2 aromatic rings. The normalized spacial score (nSPS) is 18.8. The lowest BCUT2D eigenvalue weighted by Gasteiger charge is -2.09. The summed E-state index contributed by atoms with van der Waals surface area (Å²) in [4.78, 5) is 15.1. The lowest BCUT2D eigenvalue weighted by molar-refractivity contribution is -0.122. The average Bonchev–Trinajstić information content (AvgIpc) is 3.08. The molecule has 5 heteroatoms. The summed E-state index contributed by atoms with van der Waals surface area (Å²) in [5.74, 6) is 1.87. The van der Waals surface area contributed by atoms with Crippen LogP contribution in [-0.2, 0) is 11.2 Å². The van der Waals surface area contributed by atoms with E-state index >= 15 is 0 Å². The number of benzene rings is 1. The van der Waals surface area contributed by atoms with Gasteiger partial charge in [-0.05, 0) is 18.1 Å². The van der Waals surface area contributed by atoms with Crippen LogP contribution in [0.5, 0.6) is 0 Å². The number of aromatic amines is 1. The summed E-state index contributed by atoms with van der Waals surface area (Å²) in [6.07, 6.45) is 2.89. The minimum atomic E-state index is -0.0204. The van der Waals surface area contributed by atoms with Crippen LogP contribution in [0.3, 0.4) is 0 Å². The number of hydrogen-bond acceptors (Lipinski definition) is 3. The maximum absolute atomic E-state index is 11.8. The summed E-state index contributed by atoms with van der Waals surface area (Å²) >= 11 is 1.77. The van der Waals surface area contributed by atoms with Gasteiger partial charge >= 0.3 is 0 Å². The molecule has 4 nitrogen and oxygen atoms in total. The Hall–Kier alpha value is -1.46. The molecule has 0 aliphatic carbocycles. The Kier molecular flexibility index (Phi) is 3.75. The molecule has 1 saturated heterocycles. The number of H-pyrrole nitrogens is 1. The van der Waals surface area contributed by atoms with Crippen LogP contribution in [0.4, 0.5) is 0 Å². The molecule has 1 amide bonds. The first kappa shape index (κ1) is 12.6. The third-order valence-electron chi connectivity index (χ3n) is 3.40. The predicted molar refractivity (Wildman–Crippen MR) is 79.3 cm³/mol. The number of carbonyl (C=O) groups is 1. The zero-order chi connectivity index (χ0) is 13.1. The number of hydrogen-bond donors (Lipinski definition) is 3. The average molecular weight is 275 g/mol. The van der Waals surface area contributed by atoms with Crippen molar-refractivity contribution in [1.82, 2.24) is 15.6 Å². The maximum atomic E-state index is 11.8. The van der Waals surface area contributed by atoms with E-state index in [2.05, 4.69) is 27.8 Å². The Bertz CT molecular complexity index is 575. The molecular formula is C14H17N3OS. The Labute approximate surface area is 116 Å². The summed E-state index contributed by atoms with van der Waals surface area (Å²) in [5, 5.41) is 7.42. The van der Waals surface area contributed by atoms with Crippen molar-refractivity contribution in [2.45, 2.75) is 12.5 Å². The van der Waals surface area contributed by atoms with Gasteiger partial charge < -0.3 is 10.3 Å². The minimum Gasteiger partial charge on any atom is -0.361 e. The van der Waals surface area contributed by atoms with Crippen molar-refractivity contribution in [3.05, 3.63) is 36.0 Å². The summed E-state index contributed by atoms with van der Waals surface area (Å²) in [5.41, 5.74) is 2.40. The summed E-state index contributed by atoms with van der Waals surface area (Å²) in [6.45, 7) is 0.684. The van der Waals surface area contributed by atoms with Crippen LogP contribution in [0.25, 0.3) is 10.9 Å². The summed E-state index contributed by atoms with van der Waals surface area (Å²) in [6, 6.07) is 8.22. The van der Waals surface area contributed by atoms with E-state index in [-0.39, 0.29) is 11.9 Å². The number of thioether (sulfide) groups is 1. The van der Waals surface area contributed by atoms with Crippen LogP contribution in [0, 0.1) is 0 Å². The van der Waals surface area contributed by atoms with Crippen molar-refractivity contribution in [2.75, 3.05) is 18.2 Å². The van der Waals surface area contributed by atoms with Gasteiger partial charge in [-0.3, -0.25) is 10.1 Å². The summed E-state index contributed by atoms with van der Waals surface area (Å²) < 4.78 is 0. The van der Waals surface area contributed by atoms with Crippen LogP contribution in [0.1, 0.15) is 5.56 Å². The lowest BCUT2D eigenvalue weighted by atomic mass is 10.1. The number of para-hydroxylation sites is 1. The predicted octanol–water partition coefficient (Wildman–Crippen LogP) is 1.49. The van der Waals surface area contributed by atoms with Crippen LogP contribution >= 0.6 is 11.8 Å². The van der Waals surface area contributed by atoms with Crippen molar-refractivity contribution >= 4 is 28.6 Å². The number of nitrogens with one attached hydrogen (secondary N) is 3. The van der Waals surface area contributed by atoms with Crippen LogP contribution in [0.15, 0.2) is 30.5 Å². The van der Waals surface area contributed by atoms with Gasteiger partial charge in [0.05, 0.1) is 6.04 Å². The Morgan fingerprint density at radius 3 is 3.16 bits per heavy atom. The fourth-order valence-corrected chi connectivity index (χ4v) is 3.29. The van der Waals surface area contributed by atoms with Crippen LogP contribution in [0.2, 0.25) is 0 Å². The quantitative estimate of drug-likeness (QED) is 0.792. The highest BCUT2D eigenvalue weighted by Gasteiger charge is 2.21. The van der Waals surface area contributed by atoms with E-state index in [1.807, 2.05) is 18.3 Å². The zero-order valence-corrected chi connectivity index (χ0v) is 11.4. The number of fused-ring (bicyclic) bond motifs is 1. The van der Waals surface area contributed by atoms with E-state index in [0.717, 1.165) is 23.6 Å². The van der Waals surface area contributed by atoms with Gasteiger partial charge in [0.25, 0.3) is 0 Å². The van der Waals surface area contributed by atoms with Crippen molar-refractivity contribution < 1.29 is 4.79 Å². The molecule has 1 aromatic heterocycles. The van der Waals surface area contributed by atoms with Gasteiger partial charge in [-0.1, -0.05) is 18.2 Å². The number of carbonyl (C=O) groups excluding carboxylic acids is 1. The molecule has 3 rings (SSSR count). The van der Waals surface area contributed by atoms with Crippen molar-refractivity contribution in [1.29, 1.82) is 0 Å². The molecule has 0 saturated carbocycles. The van der Waals surface area contributed by atoms with E-state index in [1.54, 1.807) is 11.8 Å². The fraction of sp³-hybridized carbons (Fsp3) is 0.357. The second-order valence-electron chi connectivity index (χ2n) is 4.67. The van der Waals surface area contributed by atoms with Gasteiger partial charge in [-0.15, -0.1) is 11.8 Å². The first-order chi connectivity index (χ1) is 9.34. The molecule has 0 spiro atoms. The second-order valence-corrected chi connectivity index (χ2v) is 5.70. The molecule has 1 aliphatic rings. The van der Waals surface area contributed by atoms with E-state index in [0.29, 0.717) is 6.54 Å². The maximum Gasteiger partial charge on any atom is 0.238 e. The van der Waals surface area contributed by atoms with E-state index in [4.69, 9.17) is 0 Å². The lowest BCUT2D eigenvalue weighted by Crippen LogP contribution is -2.42. The first-order valence-electron chi connectivity index (χ1n) is 6.48. The molecule has 1 fully saturated rings. The highest BCUT2D eigenvalue weighted by Crippen LogP contribution is 2.17. The van der Waals surface area contributed by atoms with E-state index in [1.165, 1.54) is 10.9 Å². The monoisotopic (exact) mass is 275 g/mol. The molecule has 0 radical (unpaired) electrons. The third kappa shape index (κ3) is 2.77. The molecule has 3 N–H and O–H groups in total. The number of aromatic nitrogens is 1. The van der Waals surface area contributed by atoms with Crippen LogP contribution < -0.4 is 10.6 Å². The van der Waals surface area contributed by atoms with Gasteiger partial charge in [0, 0.05) is 35.3 Å². The Balaban J connectivity index is 1.56. The van der Waals surface area contributed by atoms with E-state index in [9.17, 15) is 4.79 Å². The second kappa shape index (κ2) is 5.67. The zero-order valence-electron chi connectivity index (χ0n) is 10.6. The smallest absolute Gasteiger partial charge is 0.238 e. The molecule has 2 heterocycles. The van der Waals surface area contributed by atoms with Crippen LogP contribution in [-0.4, -0.2) is 35.1 Å². The molecule has 0 bridgehead atoms. The standard InChI is InChI=1S/C14H17N3OS/c18-14(13-8-19-9-17-13)15-6-5-10-7-16-12-4-2-1-3-11(10)12/h1-4,7,13,16-17H,5-6,8-9H2,(H,15,18). The molecule has 1 unspecified atom stereocenters. The molecular weight excluding hydrogens is 258 g/mol. The van der Waals surface area contributed by atoms with Gasteiger partial charge in [0.15, 0.2) is 0 Å². The fourth-order valence-electron chi connectivity index (χ4n) is 2.35. The first-order valence-corrected chi connectivity index (χ1v) is 7.64. The topological polar surface area (TPSA) is 56.9 Å². The summed E-state index contributed by atoms with van der Waals surface area (Å²) in [7, 11) is 0. The van der Waals surface area contributed by atoms with Gasteiger partial charge in [-0.2, -0.15) is 0 Å². The molecule has 19 heavy (non-hydrogen) atoms. The van der Waals surface area contributed by atoms with Crippen molar-refractivity contribution in [3.8, 4) is 0 Å². The van der Waals surface area contributed by atoms with Gasteiger partial charge in [0.2, 0.25) is 5.91 Å². The van der Waals surface area contributed by atoms with Gasteiger partial charge in [-0.25, -0.2) is 0 Å². The largest absolute Gasteiger partial charge is 0.361 e. The molecule has 100 valence electrons. The number of rotatable bonds is 4. The Morgan fingerprint density at radius 2 is 2.32 bits per heavy atom. The highest BCUT2D eigenvalue weighted by atomic mass is 32.2.